The molecule has 0 saturated carbocycles. The van der Waals surface area contributed by atoms with Crippen LogP contribution in [0.25, 0.3) is 10.9 Å². The van der Waals surface area contributed by atoms with Crippen LogP contribution < -0.4 is 10.1 Å². The fraction of sp³-hybridized carbons (Fsp3) is 0.0968. The van der Waals surface area contributed by atoms with Gasteiger partial charge in [0, 0.05) is 33.4 Å². The molecule has 0 spiro atoms. The molecule has 6 rings (SSSR count). The molecule has 1 atom stereocenters. The average molecular weight is 488 g/mol. The Morgan fingerprint density at radius 3 is 2.35 bits per heavy atom. The van der Waals surface area contributed by atoms with E-state index in [1.54, 1.807) is 29.2 Å². The molecule has 5 aromatic rings. The Hall–Kier alpha value is -4.84. The summed E-state index contributed by atoms with van der Waals surface area (Å²) < 4.78 is 5.83. The van der Waals surface area contributed by atoms with Gasteiger partial charge in [-0.2, -0.15) is 0 Å². The maximum atomic E-state index is 13.5. The molecule has 1 aromatic heterocycles. The number of aryl methyl sites for hydroxylation is 1. The molecule has 4 aromatic carbocycles. The molecule has 37 heavy (non-hydrogen) atoms. The van der Waals surface area contributed by atoms with Crippen LogP contribution in [0.3, 0.4) is 0 Å². The summed E-state index contributed by atoms with van der Waals surface area (Å²) in [7, 11) is 0. The summed E-state index contributed by atoms with van der Waals surface area (Å²) >= 11 is 0. The number of H-pyrrole nitrogens is 1. The fourth-order valence-corrected chi connectivity index (χ4v) is 5.08. The minimum absolute atomic E-state index is 0.0700. The number of carbonyl (C=O) groups is 2. The van der Waals surface area contributed by atoms with Crippen molar-refractivity contribution >= 4 is 28.4 Å². The van der Waals surface area contributed by atoms with E-state index in [0.29, 0.717) is 17.0 Å². The number of amides is 2. The average Bonchev–Trinajstić information content (AvgIpc) is 3.38. The molecule has 1 aliphatic rings. The van der Waals surface area contributed by atoms with Crippen molar-refractivity contribution in [2.45, 2.75) is 13.0 Å². The van der Waals surface area contributed by atoms with Gasteiger partial charge in [-0.1, -0.05) is 54.6 Å². The Bertz CT molecular complexity index is 1610. The zero-order chi connectivity index (χ0) is 25.4. The van der Waals surface area contributed by atoms with Crippen LogP contribution in [-0.4, -0.2) is 28.2 Å². The molecule has 2 N–H and O–H groups in total. The van der Waals surface area contributed by atoms with Crippen molar-refractivity contribution in [1.82, 2.24) is 9.88 Å². The normalized spacial score (nSPS) is 14.6. The van der Waals surface area contributed by atoms with Crippen LogP contribution in [0.15, 0.2) is 103 Å². The van der Waals surface area contributed by atoms with Crippen LogP contribution in [0.1, 0.15) is 33.2 Å². The van der Waals surface area contributed by atoms with Crippen LogP contribution in [-0.2, 0) is 4.79 Å². The van der Waals surface area contributed by atoms with Gasteiger partial charge in [0.15, 0.2) is 0 Å². The predicted molar refractivity (Wildman–Crippen MR) is 144 cm³/mol. The number of anilines is 1. The number of hydrogen-bond acceptors (Lipinski definition) is 3. The first kappa shape index (κ1) is 22.6. The molecule has 0 unspecified atom stereocenters. The first-order chi connectivity index (χ1) is 18.1. The number of nitrogens with zero attached hydrogens (tertiary/aromatic N) is 1. The van der Waals surface area contributed by atoms with Crippen molar-refractivity contribution in [2.24, 2.45) is 0 Å². The first-order valence-corrected chi connectivity index (χ1v) is 12.2. The second-order valence-corrected chi connectivity index (χ2v) is 9.12. The summed E-state index contributed by atoms with van der Waals surface area (Å²) in [6.07, 6.45) is 0. The third-order valence-corrected chi connectivity index (χ3v) is 6.71. The lowest BCUT2D eigenvalue weighted by Gasteiger charge is -2.25. The standard InChI is InChI=1S/C31H25N3O3/c1-20-29(26-13-7-8-14-27(26)32-20)30-24-11-5-6-12-25(24)31(36)34(30)19-28(35)33-21-15-17-23(18-16-21)37-22-9-3-2-4-10-22/h2-18,30,32H,19H2,1H3,(H,33,35)/t30-/m1/s1. The van der Waals surface area contributed by atoms with Crippen LogP contribution >= 0.6 is 0 Å². The van der Waals surface area contributed by atoms with E-state index in [9.17, 15) is 9.59 Å². The summed E-state index contributed by atoms with van der Waals surface area (Å²) in [4.78, 5) is 31.7. The Balaban J connectivity index is 1.25. The van der Waals surface area contributed by atoms with Gasteiger partial charge in [0.25, 0.3) is 5.91 Å². The molecular weight excluding hydrogens is 462 g/mol. The van der Waals surface area contributed by atoms with Gasteiger partial charge in [-0.25, -0.2) is 0 Å². The number of nitrogens with one attached hydrogen (secondary N) is 2. The molecule has 6 nitrogen and oxygen atoms in total. The highest BCUT2D eigenvalue weighted by Gasteiger charge is 2.40. The quantitative estimate of drug-likeness (QED) is 0.289. The van der Waals surface area contributed by atoms with Gasteiger partial charge >= 0.3 is 0 Å². The van der Waals surface area contributed by atoms with E-state index in [0.717, 1.165) is 33.5 Å². The molecule has 0 radical (unpaired) electrons. The van der Waals surface area contributed by atoms with Gasteiger partial charge in [-0.3, -0.25) is 9.59 Å². The fourth-order valence-electron chi connectivity index (χ4n) is 5.08. The monoisotopic (exact) mass is 487 g/mol. The topological polar surface area (TPSA) is 74.4 Å². The van der Waals surface area contributed by atoms with E-state index in [1.165, 1.54) is 0 Å². The number of rotatable bonds is 6. The highest BCUT2D eigenvalue weighted by molar-refractivity contribution is 6.04. The van der Waals surface area contributed by atoms with E-state index in [2.05, 4.69) is 16.4 Å². The van der Waals surface area contributed by atoms with Crippen LogP contribution in [0.2, 0.25) is 0 Å². The number of para-hydroxylation sites is 2. The summed E-state index contributed by atoms with van der Waals surface area (Å²) in [5.41, 5.74) is 5.19. The molecule has 0 fully saturated rings. The third-order valence-electron chi connectivity index (χ3n) is 6.71. The van der Waals surface area contributed by atoms with Crippen molar-refractivity contribution in [3.63, 3.8) is 0 Å². The second kappa shape index (κ2) is 9.32. The second-order valence-electron chi connectivity index (χ2n) is 9.12. The molecule has 1 aliphatic heterocycles. The SMILES string of the molecule is Cc1[nH]c2ccccc2c1[C@H]1c2ccccc2C(=O)N1CC(=O)Nc1ccc(Oc2ccccc2)cc1. The molecule has 0 aliphatic carbocycles. The van der Waals surface area contributed by atoms with Crippen molar-refractivity contribution in [3.8, 4) is 11.5 Å². The molecule has 2 heterocycles. The van der Waals surface area contributed by atoms with Gasteiger partial charge in [0.2, 0.25) is 5.91 Å². The van der Waals surface area contributed by atoms with Crippen molar-refractivity contribution in [3.05, 3.63) is 126 Å². The van der Waals surface area contributed by atoms with Crippen molar-refractivity contribution in [2.75, 3.05) is 11.9 Å². The van der Waals surface area contributed by atoms with Gasteiger partial charge in [-0.15, -0.1) is 0 Å². The van der Waals surface area contributed by atoms with E-state index in [-0.39, 0.29) is 24.4 Å². The predicted octanol–water partition coefficient (Wildman–Crippen LogP) is 6.45. The van der Waals surface area contributed by atoms with Gasteiger partial charge < -0.3 is 19.9 Å². The van der Waals surface area contributed by atoms with Crippen LogP contribution in [0.5, 0.6) is 11.5 Å². The number of fused-ring (bicyclic) bond motifs is 2. The largest absolute Gasteiger partial charge is 0.457 e. The molecule has 6 heteroatoms. The van der Waals surface area contributed by atoms with Crippen molar-refractivity contribution < 1.29 is 14.3 Å². The molecular formula is C31H25N3O3. The van der Waals surface area contributed by atoms with E-state index < -0.39 is 0 Å². The van der Waals surface area contributed by atoms with Crippen molar-refractivity contribution in [1.29, 1.82) is 0 Å². The number of benzene rings is 4. The lowest BCUT2D eigenvalue weighted by molar-refractivity contribution is -0.117. The van der Waals surface area contributed by atoms with Gasteiger partial charge in [0.1, 0.15) is 18.0 Å². The lowest BCUT2D eigenvalue weighted by atomic mass is 9.95. The maximum Gasteiger partial charge on any atom is 0.255 e. The zero-order valence-corrected chi connectivity index (χ0v) is 20.3. The summed E-state index contributed by atoms with van der Waals surface area (Å²) in [5, 5.41) is 3.98. The van der Waals surface area contributed by atoms with Gasteiger partial charge in [-0.05, 0) is 61.0 Å². The Labute approximate surface area is 214 Å². The maximum absolute atomic E-state index is 13.5. The summed E-state index contributed by atoms with van der Waals surface area (Å²) in [6.45, 7) is 1.94. The molecule has 0 bridgehead atoms. The Morgan fingerprint density at radius 2 is 1.54 bits per heavy atom. The Kier molecular flexibility index (Phi) is 5.69. The number of carbonyl (C=O) groups excluding carboxylic acids is 2. The van der Waals surface area contributed by atoms with E-state index in [1.807, 2.05) is 79.7 Å². The van der Waals surface area contributed by atoms with E-state index >= 15 is 0 Å². The lowest BCUT2D eigenvalue weighted by Crippen LogP contribution is -2.36. The first-order valence-electron chi connectivity index (χ1n) is 12.2. The molecule has 2 amide bonds. The summed E-state index contributed by atoms with van der Waals surface area (Å²) in [5.74, 6) is 1.00. The molecule has 0 saturated heterocycles. The third kappa shape index (κ3) is 4.23. The number of hydrogen-bond donors (Lipinski definition) is 2. The smallest absolute Gasteiger partial charge is 0.255 e. The number of aromatic nitrogens is 1. The van der Waals surface area contributed by atoms with Crippen LogP contribution in [0.4, 0.5) is 5.69 Å². The summed E-state index contributed by atoms with van der Waals surface area (Å²) in [6, 6.07) is 32.0. The highest BCUT2D eigenvalue weighted by atomic mass is 16.5. The Morgan fingerprint density at radius 1 is 0.865 bits per heavy atom. The minimum atomic E-state index is -0.354. The minimum Gasteiger partial charge on any atom is -0.457 e. The molecule has 182 valence electrons. The number of ether oxygens (including phenoxy) is 1. The zero-order valence-electron chi connectivity index (χ0n) is 20.3. The van der Waals surface area contributed by atoms with Crippen LogP contribution in [0, 0.1) is 6.92 Å². The number of aromatic amines is 1. The van der Waals surface area contributed by atoms with E-state index in [4.69, 9.17) is 4.74 Å². The van der Waals surface area contributed by atoms with Gasteiger partial charge in [0.05, 0.1) is 6.04 Å². The highest BCUT2D eigenvalue weighted by Crippen LogP contribution is 2.42.